The maximum absolute atomic E-state index is 12.8. The molecule has 86 valence electrons. The van der Waals surface area contributed by atoms with Crippen molar-refractivity contribution in [1.29, 1.82) is 5.26 Å². The van der Waals surface area contributed by atoms with Crippen molar-refractivity contribution in [3.63, 3.8) is 0 Å². The monoisotopic (exact) mass is 221 g/mol. The Kier molecular flexibility index (Phi) is 4.27. The molecule has 0 heterocycles. The molecule has 1 unspecified atom stereocenters. The fraction of sp³-hybridized carbons (Fsp3) is 0.417. The van der Waals surface area contributed by atoms with Gasteiger partial charge in [-0.25, -0.2) is 4.39 Å². The first kappa shape index (κ1) is 12.5. The van der Waals surface area contributed by atoms with Gasteiger partial charge in [0.15, 0.2) is 0 Å². The van der Waals surface area contributed by atoms with Crippen molar-refractivity contribution in [3.05, 3.63) is 29.6 Å². The van der Waals surface area contributed by atoms with Gasteiger partial charge >= 0.3 is 0 Å². The summed E-state index contributed by atoms with van der Waals surface area (Å²) in [5, 5.41) is 8.69. The van der Waals surface area contributed by atoms with E-state index in [4.69, 9.17) is 11.0 Å². The van der Waals surface area contributed by atoms with Gasteiger partial charge in [-0.1, -0.05) is 6.07 Å². The van der Waals surface area contributed by atoms with Crippen LogP contribution in [-0.4, -0.2) is 18.5 Å². The molecule has 0 aliphatic carbocycles. The highest BCUT2D eigenvalue weighted by Crippen LogP contribution is 2.15. The lowest BCUT2D eigenvalue weighted by molar-refractivity contribution is 0.303. The first-order valence-electron chi connectivity index (χ1n) is 5.15. The van der Waals surface area contributed by atoms with Crippen LogP contribution >= 0.6 is 0 Å². The summed E-state index contributed by atoms with van der Waals surface area (Å²) in [6, 6.07) is 6.56. The second kappa shape index (κ2) is 5.47. The molecule has 2 N–H and O–H groups in total. The van der Waals surface area contributed by atoms with Crippen LogP contribution in [0.25, 0.3) is 0 Å². The molecule has 0 spiro atoms. The van der Waals surface area contributed by atoms with Gasteiger partial charge in [-0.3, -0.25) is 0 Å². The zero-order valence-electron chi connectivity index (χ0n) is 9.57. The van der Waals surface area contributed by atoms with Gasteiger partial charge in [0.2, 0.25) is 0 Å². The van der Waals surface area contributed by atoms with Crippen molar-refractivity contribution in [2.24, 2.45) is 5.92 Å². The van der Waals surface area contributed by atoms with Crippen LogP contribution in [0, 0.1) is 23.1 Å². The first-order chi connectivity index (χ1) is 7.52. The first-order valence-corrected chi connectivity index (χ1v) is 5.15. The standard InChI is InChI=1S/C12H16FN3/c1-9(6-14)7-16(2)8-10-3-4-11(13)5-12(10)15/h3-5,9H,7-8,15H2,1-2H3. The normalized spacial score (nSPS) is 12.4. The van der Waals surface area contributed by atoms with Gasteiger partial charge < -0.3 is 10.6 Å². The van der Waals surface area contributed by atoms with E-state index in [-0.39, 0.29) is 11.7 Å². The Bertz CT molecular complexity index is 398. The molecule has 0 aromatic heterocycles. The molecule has 0 aliphatic rings. The Hall–Kier alpha value is -1.60. The maximum atomic E-state index is 12.8. The van der Waals surface area contributed by atoms with Gasteiger partial charge in [-0.05, 0) is 31.7 Å². The Morgan fingerprint density at radius 2 is 2.25 bits per heavy atom. The molecule has 16 heavy (non-hydrogen) atoms. The smallest absolute Gasteiger partial charge is 0.125 e. The minimum atomic E-state index is -0.325. The number of nitrogens with zero attached hydrogens (tertiary/aromatic N) is 2. The zero-order chi connectivity index (χ0) is 12.1. The van der Waals surface area contributed by atoms with E-state index in [0.29, 0.717) is 18.8 Å². The SMILES string of the molecule is CC(C#N)CN(C)Cc1ccc(F)cc1N. The van der Waals surface area contributed by atoms with E-state index in [2.05, 4.69) is 6.07 Å². The third kappa shape index (κ3) is 3.52. The van der Waals surface area contributed by atoms with Crippen LogP contribution in [0.15, 0.2) is 18.2 Å². The highest BCUT2D eigenvalue weighted by molar-refractivity contribution is 5.46. The van der Waals surface area contributed by atoms with Gasteiger partial charge in [-0.15, -0.1) is 0 Å². The Labute approximate surface area is 95.3 Å². The Balaban J connectivity index is 2.63. The molecule has 4 heteroatoms. The van der Waals surface area contributed by atoms with Gasteiger partial charge in [0.25, 0.3) is 0 Å². The molecule has 0 saturated carbocycles. The van der Waals surface area contributed by atoms with Crippen LogP contribution in [0.4, 0.5) is 10.1 Å². The lowest BCUT2D eigenvalue weighted by Gasteiger charge is -2.18. The third-order valence-electron chi connectivity index (χ3n) is 2.35. The zero-order valence-corrected chi connectivity index (χ0v) is 9.57. The summed E-state index contributed by atoms with van der Waals surface area (Å²) >= 11 is 0. The average Bonchev–Trinajstić information content (AvgIpc) is 2.22. The van der Waals surface area contributed by atoms with E-state index in [1.165, 1.54) is 12.1 Å². The number of halogens is 1. The summed E-state index contributed by atoms with van der Waals surface area (Å²) in [6.07, 6.45) is 0. The minimum Gasteiger partial charge on any atom is -0.398 e. The number of rotatable bonds is 4. The highest BCUT2D eigenvalue weighted by Gasteiger charge is 2.08. The molecule has 1 rings (SSSR count). The number of hydrogen-bond acceptors (Lipinski definition) is 3. The molecule has 0 bridgehead atoms. The van der Waals surface area contributed by atoms with E-state index >= 15 is 0 Å². The number of hydrogen-bond donors (Lipinski definition) is 1. The van der Waals surface area contributed by atoms with Crippen LogP contribution < -0.4 is 5.73 Å². The molecule has 0 amide bonds. The molecular formula is C12H16FN3. The summed E-state index contributed by atoms with van der Waals surface area (Å²) in [7, 11) is 1.91. The number of anilines is 1. The van der Waals surface area contributed by atoms with Crippen LogP contribution in [0.5, 0.6) is 0 Å². The van der Waals surface area contributed by atoms with Crippen LogP contribution in [0.1, 0.15) is 12.5 Å². The lowest BCUT2D eigenvalue weighted by atomic mass is 10.1. The van der Waals surface area contributed by atoms with E-state index in [1.807, 2.05) is 18.9 Å². The van der Waals surface area contributed by atoms with Crippen molar-refractivity contribution in [3.8, 4) is 6.07 Å². The van der Waals surface area contributed by atoms with Crippen molar-refractivity contribution in [2.75, 3.05) is 19.3 Å². The second-order valence-corrected chi connectivity index (χ2v) is 4.07. The molecular weight excluding hydrogens is 205 g/mol. The molecule has 1 aromatic rings. The Morgan fingerprint density at radius 3 is 2.81 bits per heavy atom. The predicted octanol–water partition coefficient (Wildman–Crippen LogP) is 2.00. The van der Waals surface area contributed by atoms with Gasteiger partial charge in [0.1, 0.15) is 5.82 Å². The summed E-state index contributed by atoms with van der Waals surface area (Å²) < 4.78 is 12.8. The van der Waals surface area contributed by atoms with E-state index in [0.717, 1.165) is 5.56 Å². The number of nitriles is 1. The molecule has 0 radical (unpaired) electrons. The van der Waals surface area contributed by atoms with Gasteiger partial charge in [0.05, 0.1) is 12.0 Å². The highest BCUT2D eigenvalue weighted by atomic mass is 19.1. The molecule has 0 fully saturated rings. The fourth-order valence-electron chi connectivity index (χ4n) is 1.57. The van der Waals surface area contributed by atoms with Crippen LogP contribution in [-0.2, 0) is 6.54 Å². The largest absolute Gasteiger partial charge is 0.398 e. The average molecular weight is 221 g/mol. The summed E-state index contributed by atoms with van der Waals surface area (Å²) in [5.41, 5.74) is 7.04. The van der Waals surface area contributed by atoms with Gasteiger partial charge in [0, 0.05) is 18.8 Å². The maximum Gasteiger partial charge on any atom is 0.125 e. The van der Waals surface area contributed by atoms with Crippen LogP contribution in [0.2, 0.25) is 0 Å². The summed E-state index contributed by atoms with van der Waals surface area (Å²) in [6.45, 7) is 3.16. The molecule has 1 atom stereocenters. The number of nitrogen functional groups attached to an aromatic ring is 1. The van der Waals surface area contributed by atoms with Crippen LogP contribution in [0.3, 0.4) is 0 Å². The fourth-order valence-corrected chi connectivity index (χ4v) is 1.57. The Morgan fingerprint density at radius 1 is 1.56 bits per heavy atom. The molecule has 0 saturated heterocycles. The summed E-state index contributed by atoms with van der Waals surface area (Å²) in [4.78, 5) is 2.00. The predicted molar refractivity (Wildman–Crippen MR) is 61.9 cm³/mol. The minimum absolute atomic E-state index is 0.0216. The van der Waals surface area contributed by atoms with E-state index < -0.39 is 0 Å². The van der Waals surface area contributed by atoms with Crippen molar-refractivity contribution >= 4 is 5.69 Å². The van der Waals surface area contributed by atoms with E-state index in [1.54, 1.807) is 6.07 Å². The quantitative estimate of drug-likeness (QED) is 0.791. The lowest BCUT2D eigenvalue weighted by Crippen LogP contribution is -2.23. The van der Waals surface area contributed by atoms with E-state index in [9.17, 15) is 4.39 Å². The molecule has 0 aliphatic heterocycles. The molecule has 3 nitrogen and oxygen atoms in total. The van der Waals surface area contributed by atoms with Crippen molar-refractivity contribution in [1.82, 2.24) is 4.90 Å². The van der Waals surface area contributed by atoms with Crippen molar-refractivity contribution in [2.45, 2.75) is 13.5 Å². The van der Waals surface area contributed by atoms with Crippen molar-refractivity contribution < 1.29 is 4.39 Å². The molecule has 1 aromatic carbocycles. The topological polar surface area (TPSA) is 53.0 Å². The van der Waals surface area contributed by atoms with Gasteiger partial charge in [-0.2, -0.15) is 5.26 Å². The second-order valence-electron chi connectivity index (χ2n) is 4.07. The third-order valence-corrected chi connectivity index (χ3v) is 2.35. The number of benzene rings is 1. The number of nitrogens with two attached hydrogens (primary N) is 1. The summed E-state index contributed by atoms with van der Waals surface area (Å²) in [5.74, 6) is -0.346.